The summed E-state index contributed by atoms with van der Waals surface area (Å²) in [6.07, 6.45) is 2.49. The van der Waals surface area contributed by atoms with Crippen molar-refractivity contribution in [2.24, 2.45) is 0 Å². The van der Waals surface area contributed by atoms with E-state index in [2.05, 4.69) is 20.0 Å². The summed E-state index contributed by atoms with van der Waals surface area (Å²) in [5.74, 6) is 0.553. The van der Waals surface area contributed by atoms with Crippen LogP contribution in [0.3, 0.4) is 0 Å². The van der Waals surface area contributed by atoms with Crippen LogP contribution in [0.15, 0.2) is 36.5 Å². The fraction of sp³-hybridized carbons (Fsp3) is 0.188. The quantitative estimate of drug-likeness (QED) is 0.627. The Morgan fingerprint density at radius 3 is 2.71 bits per heavy atom. The lowest BCUT2D eigenvalue weighted by atomic mass is 10.2. The predicted molar refractivity (Wildman–Crippen MR) is 99.3 cm³/mol. The van der Waals surface area contributed by atoms with Crippen LogP contribution in [0.5, 0.6) is 0 Å². The number of hydrogen-bond acceptors (Lipinski definition) is 5. The average molecular weight is 381 g/mol. The molecule has 2 aromatic heterocycles. The highest BCUT2D eigenvalue weighted by Gasteiger charge is 2.13. The molecule has 0 aliphatic heterocycles. The Labute approximate surface area is 153 Å². The molecule has 5 nitrogen and oxygen atoms in total. The van der Waals surface area contributed by atoms with Gasteiger partial charge in [-0.05, 0) is 42.2 Å². The molecule has 0 spiro atoms. The largest absolute Gasteiger partial charge is 0.369 e. The van der Waals surface area contributed by atoms with Crippen molar-refractivity contribution in [2.75, 3.05) is 18.4 Å². The van der Waals surface area contributed by atoms with E-state index in [0.717, 1.165) is 22.5 Å². The van der Waals surface area contributed by atoms with Crippen molar-refractivity contribution in [3.05, 3.63) is 52.1 Å². The van der Waals surface area contributed by atoms with E-state index in [-0.39, 0.29) is 5.91 Å². The summed E-state index contributed by atoms with van der Waals surface area (Å²) < 4.78 is 4.34. The van der Waals surface area contributed by atoms with E-state index >= 15 is 0 Å². The molecule has 0 saturated carbocycles. The van der Waals surface area contributed by atoms with Gasteiger partial charge in [-0.2, -0.15) is 4.37 Å². The predicted octanol–water partition coefficient (Wildman–Crippen LogP) is 4.23. The van der Waals surface area contributed by atoms with Gasteiger partial charge in [-0.1, -0.05) is 29.3 Å². The topological polar surface area (TPSA) is 66.9 Å². The van der Waals surface area contributed by atoms with E-state index in [9.17, 15) is 4.79 Å². The van der Waals surface area contributed by atoms with Crippen molar-refractivity contribution in [1.82, 2.24) is 14.7 Å². The molecule has 0 unspecified atom stereocenters. The summed E-state index contributed by atoms with van der Waals surface area (Å²) in [7, 11) is 0. The molecule has 3 aromatic rings. The SMILES string of the molecule is O=C(NCCCNc1nsc2ncccc12)c1c(Cl)cccc1Cl. The van der Waals surface area contributed by atoms with Crippen LogP contribution >= 0.6 is 34.7 Å². The number of anilines is 1. The molecule has 1 amide bonds. The third-order valence-electron chi connectivity index (χ3n) is 3.37. The van der Waals surface area contributed by atoms with E-state index in [0.29, 0.717) is 28.7 Å². The second-order valence-corrected chi connectivity index (χ2v) is 6.59. The number of aromatic nitrogens is 2. The van der Waals surface area contributed by atoms with E-state index in [1.165, 1.54) is 11.5 Å². The fourth-order valence-electron chi connectivity index (χ4n) is 2.21. The van der Waals surface area contributed by atoms with Gasteiger partial charge in [0.15, 0.2) is 0 Å². The van der Waals surface area contributed by atoms with Gasteiger partial charge in [0.2, 0.25) is 0 Å². The first-order valence-electron chi connectivity index (χ1n) is 7.33. The van der Waals surface area contributed by atoms with Gasteiger partial charge in [-0.25, -0.2) is 4.98 Å². The highest BCUT2D eigenvalue weighted by Crippen LogP contribution is 2.25. The summed E-state index contributed by atoms with van der Waals surface area (Å²) >= 11 is 13.4. The summed E-state index contributed by atoms with van der Waals surface area (Å²) in [5, 5.41) is 7.78. The number of carbonyl (C=O) groups is 1. The number of fused-ring (bicyclic) bond motifs is 1. The minimum atomic E-state index is -0.270. The molecular weight excluding hydrogens is 367 g/mol. The van der Waals surface area contributed by atoms with Gasteiger partial charge in [-0.15, -0.1) is 0 Å². The van der Waals surface area contributed by atoms with Crippen molar-refractivity contribution in [3.8, 4) is 0 Å². The maximum atomic E-state index is 12.1. The molecule has 1 aromatic carbocycles. The summed E-state index contributed by atoms with van der Waals surface area (Å²) in [4.78, 5) is 17.3. The van der Waals surface area contributed by atoms with Gasteiger partial charge in [0.25, 0.3) is 5.91 Å². The van der Waals surface area contributed by atoms with Gasteiger partial charge in [0.1, 0.15) is 10.6 Å². The molecule has 0 aliphatic carbocycles. The molecule has 124 valence electrons. The zero-order valence-corrected chi connectivity index (χ0v) is 14.9. The number of amides is 1. The number of benzene rings is 1. The Morgan fingerprint density at radius 1 is 1.12 bits per heavy atom. The van der Waals surface area contributed by atoms with Gasteiger partial charge < -0.3 is 10.6 Å². The second kappa shape index (κ2) is 7.79. The number of halogens is 2. The lowest BCUT2D eigenvalue weighted by molar-refractivity contribution is 0.0954. The van der Waals surface area contributed by atoms with Crippen LogP contribution in [0.2, 0.25) is 10.0 Å². The standard InChI is InChI=1S/C16H14Cl2N4OS/c17-11-5-1-6-12(18)13(11)15(23)20-9-3-8-19-14-10-4-2-7-21-16(10)24-22-14/h1-2,4-7H,3,8-9H2,(H,19,22)(H,20,23). The Bertz CT molecular complexity index is 848. The van der Waals surface area contributed by atoms with Gasteiger partial charge in [0.05, 0.1) is 21.0 Å². The molecule has 0 fully saturated rings. The number of rotatable bonds is 6. The summed E-state index contributed by atoms with van der Waals surface area (Å²) in [6.45, 7) is 1.19. The Kier molecular flexibility index (Phi) is 5.50. The van der Waals surface area contributed by atoms with Gasteiger partial charge in [-0.3, -0.25) is 4.79 Å². The number of carbonyl (C=O) groups excluding carboxylic acids is 1. The molecule has 0 bridgehead atoms. The Hall–Kier alpha value is -1.89. The van der Waals surface area contributed by atoms with E-state index in [1.54, 1.807) is 24.4 Å². The van der Waals surface area contributed by atoms with E-state index in [4.69, 9.17) is 23.2 Å². The number of nitrogens with one attached hydrogen (secondary N) is 2. The highest BCUT2D eigenvalue weighted by atomic mass is 35.5. The molecule has 0 radical (unpaired) electrons. The van der Waals surface area contributed by atoms with Gasteiger partial charge >= 0.3 is 0 Å². The zero-order valence-electron chi connectivity index (χ0n) is 12.6. The lowest BCUT2D eigenvalue weighted by Crippen LogP contribution is -2.26. The summed E-state index contributed by atoms with van der Waals surface area (Å²) in [6, 6.07) is 8.86. The van der Waals surface area contributed by atoms with Crippen molar-refractivity contribution >= 4 is 56.7 Å². The van der Waals surface area contributed by atoms with Crippen molar-refractivity contribution in [3.63, 3.8) is 0 Å². The average Bonchev–Trinajstić information content (AvgIpc) is 2.98. The van der Waals surface area contributed by atoms with E-state index in [1.807, 2.05) is 12.1 Å². The van der Waals surface area contributed by atoms with E-state index < -0.39 is 0 Å². The van der Waals surface area contributed by atoms with Crippen LogP contribution in [-0.2, 0) is 0 Å². The van der Waals surface area contributed by atoms with Crippen LogP contribution in [0.4, 0.5) is 5.82 Å². The van der Waals surface area contributed by atoms with Gasteiger partial charge in [0, 0.05) is 19.3 Å². The summed E-state index contributed by atoms with van der Waals surface area (Å²) in [5.41, 5.74) is 0.311. The van der Waals surface area contributed by atoms with Crippen molar-refractivity contribution in [1.29, 1.82) is 0 Å². The monoisotopic (exact) mass is 380 g/mol. The highest BCUT2D eigenvalue weighted by molar-refractivity contribution is 7.13. The first-order valence-corrected chi connectivity index (χ1v) is 8.86. The number of pyridine rings is 1. The maximum absolute atomic E-state index is 12.1. The third kappa shape index (κ3) is 3.77. The molecular formula is C16H14Cl2N4OS. The Morgan fingerprint density at radius 2 is 1.92 bits per heavy atom. The number of nitrogens with zero attached hydrogens (tertiary/aromatic N) is 2. The minimum Gasteiger partial charge on any atom is -0.369 e. The third-order valence-corrected chi connectivity index (χ3v) is 4.77. The zero-order chi connectivity index (χ0) is 16.9. The lowest BCUT2D eigenvalue weighted by Gasteiger charge is -2.08. The second-order valence-electron chi connectivity index (χ2n) is 5.02. The van der Waals surface area contributed by atoms with Crippen LogP contribution < -0.4 is 10.6 Å². The fourth-order valence-corrected chi connectivity index (χ4v) is 3.49. The Balaban J connectivity index is 1.48. The maximum Gasteiger partial charge on any atom is 0.254 e. The van der Waals surface area contributed by atoms with Crippen molar-refractivity contribution < 1.29 is 4.79 Å². The molecule has 8 heteroatoms. The molecule has 3 rings (SSSR count). The first kappa shape index (κ1) is 17.0. The van der Waals surface area contributed by atoms with Crippen LogP contribution in [0.1, 0.15) is 16.8 Å². The minimum absolute atomic E-state index is 0.270. The molecule has 0 aliphatic rings. The smallest absolute Gasteiger partial charge is 0.254 e. The van der Waals surface area contributed by atoms with Crippen molar-refractivity contribution in [2.45, 2.75) is 6.42 Å². The molecule has 0 saturated heterocycles. The number of hydrogen-bond donors (Lipinski definition) is 2. The van der Waals surface area contributed by atoms with Crippen LogP contribution in [0, 0.1) is 0 Å². The normalized spacial score (nSPS) is 10.8. The van der Waals surface area contributed by atoms with Crippen LogP contribution in [0.25, 0.3) is 10.2 Å². The molecule has 0 atom stereocenters. The molecule has 24 heavy (non-hydrogen) atoms. The first-order chi connectivity index (χ1) is 11.7. The van der Waals surface area contributed by atoms with Crippen LogP contribution in [-0.4, -0.2) is 28.4 Å². The molecule has 2 heterocycles. The molecule has 2 N–H and O–H groups in total.